The number of carbonyl (C=O) groups is 2. The molecule has 100 valence electrons. The van der Waals surface area contributed by atoms with Crippen molar-refractivity contribution in [3.8, 4) is 0 Å². The first-order chi connectivity index (χ1) is 9.49. The molecule has 0 aliphatic heterocycles. The third kappa shape index (κ3) is 2.75. The monoisotopic (exact) mass is 268 g/mol. The highest BCUT2D eigenvalue weighted by atomic mass is 16.4. The van der Waals surface area contributed by atoms with E-state index in [0.717, 1.165) is 0 Å². The Morgan fingerprint density at radius 3 is 1.45 bits per heavy atom. The predicted octanol–water partition coefficient (Wildman–Crippen LogP) is 3.14. The summed E-state index contributed by atoms with van der Waals surface area (Å²) in [4.78, 5) is 21.9. The van der Waals surface area contributed by atoms with E-state index < -0.39 is 11.9 Å². The summed E-state index contributed by atoms with van der Waals surface area (Å²) >= 11 is 0. The number of hydrogen-bond acceptors (Lipinski definition) is 2. The summed E-state index contributed by atoms with van der Waals surface area (Å²) in [5.41, 5.74) is 2.20. The Labute approximate surface area is 115 Å². The molecule has 0 aliphatic rings. The van der Waals surface area contributed by atoms with E-state index in [1.165, 1.54) is 24.3 Å². The van der Waals surface area contributed by atoms with E-state index in [2.05, 4.69) is 6.58 Å². The summed E-state index contributed by atoms with van der Waals surface area (Å²) in [5, 5.41) is 17.9. The summed E-state index contributed by atoms with van der Waals surface area (Å²) < 4.78 is 0. The maximum atomic E-state index is 10.9. The van der Waals surface area contributed by atoms with Gasteiger partial charge in [0.2, 0.25) is 0 Å². The zero-order valence-electron chi connectivity index (χ0n) is 10.5. The Morgan fingerprint density at radius 1 is 0.750 bits per heavy atom. The first-order valence-corrected chi connectivity index (χ1v) is 5.85. The minimum Gasteiger partial charge on any atom is -0.478 e. The van der Waals surface area contributed by atoms with Crippen LogP contribution in [0.5, 0.6) is 0 Å². The van der Waals surface area contributed by atoms with Gasteiger partial charge < -0.3 is 10.2 Å². The van der Waals surface area contributed by atoms with Crippen molar-refractivity contribution < 1.29 is 19.8 Å². The first kappa shape index (κ1) is 13.5. The van der Waals surface area contributed by atoms with Crippen LogP contribution in [0.15, 0.2) is 55.1 Å². The molecule has 0 unspecified atom stereocenters. The van der Waals surface area contributed by atoms with Gasteiger partial charge in [0, 0.05) is 0 Å². The molecule has 0 spiro atoms. The Kier molecular flexibility index (Phi) is 3.66. The van der Waals surface area contributed by atoms with Gasteiger partial charge in [-0.1, -0.05) is 30.8 Å². The molecule has 0 saturated heterocycles. The molecule has 0 amide bonds. The summed E-state index contributed by atoms with van der Waals surface area (Å²) in [7, 11) is 0. The molecule has 0 aliphatic carbocycles. The number of aromatic carboxylic acids is 2. The molecule has 0 fully saturated rings. The average Bonchev–Trinajstić information content (AvgIpc) is 2.46. The second-order valence-electron chi connectivity index (χ2n) is 4.25. The van der Waals surface area contributed by atoms with Crippen molar-refractivity contribution in [2.75, 3.05) is 0 Å². The van der Waals surface area contributed by atoms with Gasteiger partial charge in [0.15, 0.2) is 0 Å². The van der Waals surface area contributed by atoms with Gasteiger partial charge >= 0.3 is 11.9 Å². The summed E-state index contributed by atoms with van der Waals surface area (Å²) in [6, 6.07) is 12.7. The van der Waals surface area contributed by atoms with E-state index in [0.29, 0.717) is 16.7 Å². The van der Waals surface area contributed by atoms with Crippen molar-refractivity contribution in [2.45, 2.75) is 0 Å². The van der Waals surface area contributed by atoms with Crippen LogP contribution in [0.25, 0.3) is 5.57 Å². The van der Waals surface area contributed by atoms with Crippen LogP contribution in [0.3, 0.4) is 0 Å². The SMILES string of the molecule is C=C(c1cccc(C(=O)O)c1)c1cccc(C(=O)O)c1. The maximum absolute atomic E-state index is 10.9. The van der Waals surface area contributed by atoms with Crippen LogP contribution in [-0.2, 0) is 0 Å². The van der Waals surface area contributed by atoms with Crippen LogP contribution in [0, 0.1) is 0 Å². The van der Waals surface area contributed by atoms with E-state index >= 15 is 0 Å². The van der Waals surface area contributed by atoms with Gasteiger partial charge in [0.1, 0.15) is 0 Å². The van der Waals surface area contributed by atoms with Crippen molar-refractivity contribution >= 4 is 17.5 Å². The third-order valence-electron chi connectivity index (χ3n) is 2.92. The highest BCUT2D eigenvalue weighted by Crippen LogP contribution is 2.23. The molecule has 2 N–H and O–H groups in total. The van der Waals surface area contributed by atoms with E-state index in [9.17, 15) is 9.59 Å². The lowest BCUT2D eigenvalue weighted by Gasteiger charge is -2.08. The fourth-order valence-corrected chi connectivity index (χ4v) is 1.85. The van der Waals surface area contributed by atoms with Crippen LogP contribution in [0.4, 0.5) is 0 Å². The number of hydrogen-bond donors (Lipinski definition) is 2. The lowest BCUT2D eigenvalue weighted by atomic mass is 9.97. The Morgan fingerprint density at radius 2 is 1.10 bits per heavy atom. The standard InChI is InChI=1S/C16H12O4/c1-10(11-4-2-6-13(8-11)15(17)18)12-5-3-7-14(9-12)16(19)20/h2-9H,1H2,(H,17,18)(H,19,20). The van der Waals surface area contributed by atoms with Gasteiger partial charge in [0.25, 0.3) is 0 Å². The predicted molar refractivity (Wildman–Crippen MR) is 74.9 cm³/mol. The largest absolute Gasteiger partial charge is 0.478 e. The van der Waals surface area contributed by atoms with Gasteiger partial charge in [-0.15, -0.1) is 0 Å². The fraction of sp³-hybridized carbons (Fsp3) is 0. The molecule has 0 atom stereocenters. The smallest absolute Gasteiger partial charge is 0.335 e. The topological polar surface area (TPSA) is 74.6 Å². The lowest BCUT2D eigenvalue weighted by Crippen LogP contribution is -1.99. The molecule has 0 heterocycles. The normalized spacial score (nSPS) is 10.0. The van der Waals surface area contributed by atoms with Gasteiger partial charge in [-0.3, -0.25) is 0 Å². The van der Waals surface area contributed by atoms with Crippen molar-refractivity contribution in [3.63, 3.8) is 0 Å². The Hall–Kier alpha value is -2.88. The number of rotatable bonds is 4. The molecule has 0 radical (unpaired) electrons. The molecule has 2 aromatic rings. The van der Waals surface area contributed by atoms with Crippen molar-refractivity contribution in [3.05, 3.63) is 77.4 Å². The van der Waals surface area contributed by atoms with Crippen molar-refractivity contribution in [1.29, 1.82) is 0 Å². The molecule has 0 aromatic heterocycles. The maximum Gasteiger partial charge on any atom is 0.335 e. The van der Waals surface area contributed by atoms with Gasteiger partial charge in [-0.2, -0.15) is 0 Å². The highest BCUT2D eigenvalue weighted by molar-refractivity contribution is 5.92. The molecule has 2 rings (SSSR count). The molecular formula is C16H12O4. The molecular weight excluding hydrogens is 256 g/mol. The molecule has 20 heavy (non-hydrogen) atoms. The van der Waals surface area contributed by atoms with Crippen LogP contribution in [-0.4, -0.2) is 22.2 Å². The van der Waals surface area contributed by atoms with Crippen LogP contribution in [0.2, 0.25) is 0 Å². The van der Waals surface area contributed by atoms with Crippen LogP contribution >= 0.6 is 0 Å². The van der Waals surface area contributed by atoms with Crippen molar-refractivity contribution in [1.82, 2.24) is 0 Å². The Balaban J connectivity index is 2.41. The van der Waals surface area contributed by atoms with E-state index in [4.69, 9.17) is 10.2 Å². The third-order valence-corrected chi connectivity index (χ3v) is 2.92. The van der Waals surface area contributed by atoms with Gasteiger partial charge in [-0.05, 0) is 41.0 Å². The fourth-order valence-electron chi connectivity index (χ4n) is 1.85. The molecule has 4 heteroatoms. The van der Waals surface area contributed by atoms with Crippen LogP contribution < -0.4 is 0 Å². The second-order valence-corrected chi connectivity index (χ2v) is 4.25. The molecule has 0 bridgehead atoms. The zero-order valence-corrected chi connectivity index (χ0v) is 10.5. The lowest BCUT2D eigenvalue weighted by molar-refractivity contribution is 0.0686. The summed E-state index contributed by atoms with van der Waals surface area (Å²) in [5.74, 6) is -2.03. The van der Waals surface area contributed by atoms with Crippen molar-refractivity contribution in [2.24, 2.45) is 0 Å². The second kappa shape index (κ2) is 5.40. The minimum absolute atomic E-state index is 0.165. The van der Waals surface area contributed by atoms with E-state index in [-0.39, 0.29) is 11.1 Å². The minimum atomic E-state index is -1.01. The zero-order chi connectivity index (χ0) is 14.7. The van der Waals surface area contributed by atoms with Crippen LogP contribution in [0.1, 0.15) is 31.8 Å². The van der Waals surface area contributed by atoms with Gasteiger partial charge in [-0.25, -0.2) is 9.59 Å². The van der Waals surface area contributed by atoms with Gasteiger partial charge in [0.05, 0.1) is 11.1 Å². The quantitative estimate of drug-likeness (QED) is 0.893. The number of carboxylic acids is 2. The summed E-state index contributed by atoms with van der Waals surface area (Å²) in [6.07, 6.45) is 0. The number of carboxylic acid groups (broad SMARTS) is 2. The molecule has 4 nitrogen and oxygen atoms in total. The average molecular weight is 268 g/mol. The Bertz CT molecular complexity index is 642. The van der Waals surface area contributed by atoms with E-state index in [1.54, 1.807) is 24.3 Å². The summed E-state index contributed by atoms with van der Waals surface area (Å²) in [6.45, 7) is 3.91. The highest BCUT2D eigenvalue weighted by Gasteiger charge is 2.09. The number of benzene rings is 2. The first-order valence-electron chi connectivity index (χ1n) is 5.85. The molecule has 2 aromatic carbocycles. The molecule has 0 saturated carbocycles. The van der Waals surface area contributed by atoms with E-state index in [1.807, 2.05) is 0 Å².